The summed E-state index contributed by atoms with van der Waals surface area (Å²) in [5, 5.41) is 9.12. The lowest BCUT2D eigenvalue weighted by Crippen LogP contribution is -2.14. The van der Waals surface area contributed by atoms with Gasteiger partial charge in [0.1, 0.15) is 5.82 Å². The van der Waals surface area contributed by atoms with Gasteiger partial charge in [-0.1, -0.05) is 6.07 Å². The van der Waals surface area contributed by atoms with Crippen LogP contribution in [0.4, 0.5) is 16.1 Å². The van der Waals surface area contributed by atoms with Crippen LogP contribution in [-0.4, -0.2) is 20.9 Å². The number of hydrogen-bond donors (Lipinski definition) is 2. The van der Waals surface area contributed by atoms with E-state index in [1.807, 2.05) is 37.4 Å². The summed E-state index contributed by atoms with van der Waals surface area (Å²) < 4.78 is 0. The van der Waals surface area contributed by atoms with Crippen LogP contribution in [0.3, 0.4) is 0 Å². The minimum absolute atomic E-state index is 0.120. The predicted octanol–water partition coefficient (Wildman–Crippen LogP) is 3.54. The van der Waals surface area contributed by atoms with Gasteiger partial charge in [-0.2, -0.15) is 0 Å². The zero-order valence-electron chi connectivity index (χ0n) is 12.7. The molecule has 0 spiro atoms. The van der Waals surface area contributed by atoms with E-state index in [2.05, 4.69) is 25.6 Å². The number of nitrogens with zero attached hydrogens (tertiary/aromatic N) is 3. The highest BCUT2D eigenvalue weighted by Gasteiger charge is 2.10. The molecule has 0 aliphatic carbocycles. The van der Waals surface area contributed by atoms with Gasteiger partial charge >= 0.3 is 0 Å². The van der Waals surface area contributed by atoms with E-state index in [9.17, 15) is 4.79 Å². The second-order valence-electron chi connectivity index (χ2n) is 4.93. The van der Waals surface area contributed by atoms with E-state index in [0.717, 1.165) is 27.2 Å². The monoisotopic (exact) mass is 345 g/mol. The van der Waals surface area contributed by atoms with Gasteiger partial charge in [-0.05, 0) is 26.0 Å². The Morgan fingerprint density at radius 2 is 2.09 bits per heavy atom. The molecule has 0 aromatic carbocycles. The van der Waals surface area contributed by atoms with Crippen LogP contribution in [0.15, 0.2) is 29.8 Å². The molecule has 23 heavy (non-hydrogen) atoms. The van der Waals surface area contributed by atoms with Gasteiger partial charge in [0, 0.05) is 22.1 Å². The number of anilines is 3. The molecular weight excluding hydrogens is 330 g/mol. The quantitative estimate of drug-likeness (QED) is 0.739. The Morgan fingerprint density at radius 1 is 1.22 bits per heavy atom. The van der Waals surface area contributed by atoms with Crippen molar-refractivity contribution in [2.24, 2.45) is 0 Å². The maximum absolute atomic E-state index is 12.0. The van der Waals surface area contributed by atoms with Gasteiger partial charge in [0.15, 0.2) is 10.3 Å². The fourth-order valence-electron chi connectivity index (χ4n) is 1.91. The summed E-state index contributed by atoms with van der Waals surface area (Å²) in [6.07, 6.45) is 1.96. The molecule has 0 bridgehead atoms. The largest absolute Gasteiger partial charge is 0.316 e. The maximum Gasteiger partial charge on any atom is 0.232 e. The molecule has 0 radical (unpaired) electrons. The third-order valence-corrected chi connectivity index (χ3v) is 4.52. The van der Waals surface area contributed by atoms with E-state index in [0.29, 0.717) is 5.13 Å². The minimum atomic E-state index is -0.120. The molecule has 0 unspecified atom stereocenters. The van der Waals surface area contributed by atoms with Crippen molar-refractivity contribution < 1.29 is 4.79 Å². The topological polar surface area (TPSA) is 79.8 Å². The van der Waals surface area contributed by atoms with Gasteiger partial charge in [0.25, 0.3) is 0 Å². The lowest BCUT2D eigenvalue weighted by molar-refractivity contribution is -0.115. The van der Waals surface area contributed by atoms with Gasteiger partial charge in [0.2, 0.25) is 5.91 Å². The van der Waals surface area contributed by atoms with E-state index in [1.54, 1.807) is 6.20 Å². The predicted molar refractivity (Wildman–Crippen MR) is 93.6 cm³/mol. The first-order valence-electron chi connectivity index (χ1n) is 6.96. The Kier molecular flexibility index (Phi) is 4.63. The summed E-state index contributed by atoms with van der Waals surface area (Å²) >= 11 is 2.90. The molecule has 1 amide bonds. The van der Waals surface area contributed by atoms with E-state index >= 15 is 0 Å². The molecular formula is C15H15N5OS2. The highest BCUT2D eigenvalue weighted by molar-refractivity contribution is 7.15. The van der Waals surface area contributed by atoms with Crippen molar-refractivity contribution in [3.63, 3.8) is 0 Å². The van der Waals surface area contributed by atoms with Crippen LogP contribution in [0.1, 0.15) is 16.3 Å². The van der Waals surface area contributed by atoms with Crippen molar-refractivity contribution in [2.75, 3.05) is 10.6 Å². The Morgan fingerprint density at radius 3 is 2.83 bits per heavy atom. The highest BCUT2D eigenvalue weighted by atomic mass is 32.1. The van der Waals surface area contributed by atoms with E-state index < -0.39 is 0 Å². The molecule has 3 aromatic heterocycles. The van der Waals surface area contributed by atoms with Crippen LogP contribution in [-0.2, 0) is 11.2 Å². The smallest absolute Gasteiger partial charge is 0.232 e. The van der Waals surface area contributed by atoms with Crippen molar-refractivity contribution in [2.45, 2.75) is 20.3 Å². The molecule has 2 N–H and O–H groups in total. The average molecular weight is 345 g/mol. The Balaban J connectivity index is 1.59. The lowest BCUT2D eigenvalue weighted by atomic mass is 10.3. The number of rotatable bonds is 5. The first kappa shape index (κ1) is 15.6. The van der Waals surface area contributed by atoms with E-state index in [1.165, 1.54) is 22.7 Å². The minimum Gasteiger partial charge on any atom is -0.316 e. The molecule has 0 atom stereocenters. The maximum atomic E-state index is 12.0. The van der Waals surface area contributed by atoms with E-state index in [4.69, 9.17) is 0 Å². The van der Waals surface area contributed by atoms with Crippen molar-refractivity contribution in [1.82, 2.24) is 15.0 Å². The molecule has 0 fully saturated rings. The van der Waals surface area contributed by atoms with E-state index in [-0.39, 0.29) is 12.3 Å². The normalized spacial score (nSPS) is 10.5. The second-order valence-corrected chi connectivity index (χ2v) is 7.03. The molecule has 118 valence electrons. The molecule has 0 aliphatic rings. The molecule has 0 saturated heterocycles. The zero-order chi connectivity index (χ0) is 16.2. The summed E-state index contributed by atoms with van der Waals surface area (Å²) in [5.74, 6) is 0.624. The number of nitrogens with one attached hydrogen (secondary N) is 2. The SMILES string of the molecule is Cc1cccc(Nc2nc(CC(=O)Nc3ncc(C)s3)cs2)n1. The summed E-state index contributed by atoms with van der Waals surface area (Å²) in [5.41, 5.74) is 1.65. The first-order chi connectivity index (χ1) is 11.1. The van der Waals surface area contributed by atoms with Gasteiger partial charge in [-0.25, -0.2) is 15.0 Å². The number of aryl methyl sites for hydroxylation is 2. The lowest BCUT2D eigenvalue weighted by Gasteiger charge is -2.02. The number of aromatic nitrogens is 3. The van der Waals surface area contributed by atoms with Crippen molar-refractivity contribution in [3.05, 3.63) is 46.0 Å². The average Bonchev–Trinajstić information content (AvgIpc) is 3.08. The fourth-order valence-corrected chi connectivity index (χ4v) is 3.31. The van der Waals surface area contributed by atoms with Crippen molar-refractivity contribution in [1.29, 1.82) is 0 Å². The molecule has 3 aromatic rings. The van der Waals surface area contributed by atoms with Crippen molar-refractivity contribution >= 4 is 44.7 Å². The molecule has 3 rings (SSSR count). The molecule has 0 aliphatic heterocycles. The number of pyridine rings is 1. The molecule has 0 saturated carbocycles. The molecule has 3 heterocycles. The third-order valence-electron chi connectivity index (χ3n) is 2.88. The third kappa shape index (κ3) is 4.33. The van der Waals surface area contributed by atoms with Gasteiger partial charge in [-0.3, -0.25) is 4.79 Å². The second kappa shape index (κ2) is 6.84. The standard InChI is InChI=1S/C15H15N5OS2/c1-9-4-3-5-12(17-9)19-15-18-11(8-22-15)6-13(21)20-14-16-7-10(2)23-14/h3-5,7-8H,6H2,1-2H3,(H,16,20,21)(H,17,18,19). The summed E-state index contributed by atoms with van der Waals surface area (Å²) in [7, 11) is 0. The number of carbonyl (C=O) groups is 1. The van der Waals surface area contributed by atoms with Crippen LogP contribution in [0.25, 0.3) is 0 Å². The number of carbonyl (C=O) groups excluding carboxylic acids is 1. The number of hydrogen-bond acceptors (Lipinski definition) is 7. The van der Waals surface area contributed by atoms with Gasteiger partial charge in [-0.15, -0.1) is 22.7 Å². The zero-order valence-corrected chi connectivity index (χ0v) is 14.3. The Labute approximate surface area is 141 Å². The van der Waals surface area contributed by atoms with Crippen LogP contribution in [0, 0.1) is 13.8 Å². The Bertz CT molecular complexity index is 827. The number of thiazole rings is 2. The Hall–Kier alpha value is -2.32. The number of amides is 1. The summed E-state index contributed by atoms with van der Waals surface area (Å²) in [4.78, 5) is 25.9. The van der Waals surface area contributed by atoms with Crippen LogP contribution in [0.5, 0.6) is 0 Å². The summed E-state index contributed by atoms with van der Waals surface area (Å²) in [6, 6.07) is 5.75. The van der Waals surface area contributed by atoms with Gasteiger partial charge < -0.3 is 10.6 Å². The fraction of sp³-hybridized carbons (Fsp3) is 0.200. The van der Waals surface area contributed by atoms with Crippen LogP contribution >= 0.6 is 22.7 Å². The first-order valence-corrected chi connectivity index (χ1v) is 8.65. The van der Waals surface area contributed by atoms with Gasteiger partial charge in [0.05, 0.1) is 12.1 Å². The van der Waals surface area contributed by atoms with Crippen molar-refractivity contribution in [3.8, 4) is 0 Å². The molecule has 8 heteroatoms. The van der Waals surface area contributed by atoms with Crippen LogP contribution in [0.2, 0.25) is 0 Å². The van der Waals surface area contributed by atoms with Crippen LogP contribution < -0.4 is 10.6 Å². The molecule has 6 nitrogen and oxygen atoms in total. The summed E-state index contributed by atoms with van der Waals surface area (Å²) in [6.45, 7) is 3.88. The highest BCUT2D eigenvalue weighted by Crippen LogP contribution is 2.21.